The molecule has 0 amide bonds. The van der Waals surface area contributed by atoms with Crippen molar-refractivity contribution in [2.45, 2.75) is 37.6 Å². The van der Waals surface area contributed by atoms with Gasteiger partial charge < -0.3 is 39.4 Å². The van der Waals surface area contributed by atoms with Gasteiger partial charge in [-0.1, -0.05) is 6.58 Å². The summed E-state index contributed by atoms with van der Waals surface area (Å²) in [7, 11) is 0. The fourth-order valence-electron chi connectivity index (χ4n) is 1.73. The Labute approximate surface area is 131 Å². The topological polar surface area (TPSA) is 152 Å². The van der Waals surface area contributed by atoms with E-state index in [-0.39, 0.29) is 18.8 Å². The molecule has 10 nitrogen and oxygen atoms in total. The lowest BCUT2D eigenvalue weighted by molar-refractivity contribution is -0.287. The minimum absolute atomic E-state index is 0.185. The van der Waals surface area contributed by atoms with E-state index in [4.69, 9.17) is 14.6 Å². The molecule has 0 aromatic heterocycles. The van der Waals surface area contributed by atoms with Crippen LogP contribution in [0.2, 0.25) is 0 Å². The SMILES string of the molecule is C=C(C)C(=O)OCCOC(=O)O[C@@H]1[C@@H](O)[C@@H](O)O[C@H](CO)[C@H]1O. The number of hydrogen-bond donors (Lipinski definition) is 4. The van der Waals surface area contributed by atoms with Crippen LogP contribution >= 0.6 is 0 Å². The molecule has 0 unspecified atom stereocenters. The molecule has 10 heteroatoms. The van der Waals surface area contributed by atoms with Gasteiger partial charge >= 0.3 is 12.1 Å². The Bertz CT molecular complexity index is 436. The predicted octanol–water partition coefficient (Wildman–Crippen LogP) is -1.94. The first-order valence-corrected chi connectivity index (χ1v) is 6.74. The normalized spacial score (nSPS) is 30.4. The zero-order valence-electron chi connectivity index (χ0n) is 12.5. The van der Waals surface area contributed by atoms with Crippen molar-refractivity contribution in [3.05, 3.63) is 12.2 Å². The van der Waals surface area contributed by atoms with Crippen molar-refractivity contribution in [2.24, 2.45) is 0 Å². The molecule has 0 aromatic carbocycles. The minimum Gasteiger partial charge on any atom is -0.459 e. The molecule has 0 aliphatic carbocycles. The Morgan fingerprint density at radius 1 is 1.13 bits per heavy atom. The van der Waals surface area contributed by atoms with Gasteiger partial charge in [0.15, 0.2) is 12.4 Å². The maximum Gasteiger partial charge on any atom is 0.508 e. The van der Waals surface area contributed by atoms with E-state index in [1.54, 1.807) is 0 Å². The van der Waals surface area contributed by atoms with Crippen LogP contribution in [0.15, 0.2) is 12.2 Å². The molecule has 1 saturated heterocycles. The van der Waals surface area contributed by atoms with Gasteiger partial charge in [0, 0.05) is 5.57 Å². The van der Waals surface area contributed by atoms with Crippen LogP contribution in [0.25, 0.3) is 0 Å². The van der Waals surface area contributed by atoms with Crippen LogP contribution in [-0.4, -0.2) is 83.1 Å². The number of rotatable bonds is 6. The molecule has 0 saturated carbocycles. The Morgan fingerprint density at radius 3 is 2.30 bits per heavy atom. The molecule has 23 heavy (non-hydrogen) atoms. The second kappa shape index (κ2) is 8.79. The molecule has 4 N–H and O–H groups in total. The van der Waals surface area contributed by atoms with Crippen molar-refractivity contribution in [1.82, 2.24) is 0 Å². The van der Waals surface area contributed by atoms with Gasteiger partial charge in [-0.05, 0) is 6.92 Å². The number of aliphatic hydroxyl groups excluding tert-OH is 4. The maximum atomic E-state index is 11.5. The van der Waals surface area contributed by atoms with Crippen molar-refractivity contribution in [2.75, 3.05) is 19.8 Å². The molecular weight excluding hydrogens is 316 g/mol. The van der Waals surface area contributed by atoms with Crippen molar-refractivity contribution >= 4 is 12.1 Å². The van der Waals surface area contributed by atoms with Gasteiger partial charge in [-0.25, -0.2) is 9.59 Å². The van der Waals surface area contributed by atoms with Gasteiger partial charge in [0.1, 0.15) is 31.5 Å². The second-order valence-corrected chi connectivity index (χ2v) is 4.83. The average Bonchev–Trinajstić information content (AvgIpc) is 2.51. The summed E-state index contributed by atoms with van der Waals surface area (Å²) >= 11 is 0. The lowest BCUT2D eigenvalue weighted by Gasteiger charge is -2.39. The summed E-state index contributed by atoms with van der Waals surface area (Å²) in [4.78, 5) is 22.5. The molecule has 0 aromatic rings. The van der Waals surface area contributed by atoms with Crippen LogP contribution in [0.3, 0.4) is 0 Å². The van der Waals surface area contributed by atoms with Crippen molar-refractivity contribution in [3.63, 3.8) is 0 Å². The van der Waals surface area contributed by atoms with Crippen LogP contribution in [0.1, 0.15) is 6.92 Å². The van der Waals surface area contributed by atoms with Crippen LogP contribution < -0.4 is 0 Å². The molecule has 5 atom stereocenters. The molecule has 1 heterocycles. The average molecular weight is 336 g/mol. The maximum absolute atomic E-state index is 11.5. The summed E-state index contributed by atoms with van der Waals surface area (Å²) in [5.74, 6) is -0.647. The number of hydrogen-bond acceptors (Lipinski definition) is 10. The fraction of sp³-hybridized carbons (Fsp3) is 0.692. The highest BCUT2D eigenvalue weighted by atomic mass is 16.7. The van der Waals surface area contributed by atoms with E-state index in [2.05, 4.69) is 16.1 Å². The van der Waals surface area contributed by atoms with Crippen molar-refractivity contribution in [1.29, 1.82) is 0 Å². The van der Waals surface area contributed by atoms with Gasteiger partial charge in [-0.15, -0.1) is 0 Å². The zero-order chi connectivity index (χ0) is 17.6. The van der Waals surface area contributed by atoms with Crippen LogP contribution in [0.5, 0.6) is 0 Å². The Kier molecular flexibility index (Phi) is 7.39. The molecule has 1 aliphatic rings. The molecule has 0 bridgehead atoms. The van der Waals surface area contributed by atoms with Gasteiger partial charge in [0.05, 0.1) is 6.61 Å². The smallest absolute Gasteiger partial charge is 0.459 e. The Balaban J connectivity index is 2.42. The number of carbonyl (C=O) groups excluding carboxylic acids is 2. The van der Waals surface area contributed by atoms with E-state index in [0.29, 0.717) is 0 Å². The van der Waals surface area contributed by atoms with Gasteiger partial charge in [0.2, 0.25) is 0 Å². The standard InChI is InChI=1S/C13H20O10/c1-6(2)11(17)20-3-4-21-13(19)23-10-8(15)7(5-14)22-12(18)9(10)16/h7-10,12,14-16,18H,1,3-5H2,2H3/t7-,8-,9-,10+,12+/m1/s1. The summed E-state index contributed by atoms with van der Waals surface area (Å²) in [5.41, 5.74) is 0.185. The molecule has 132 valence electrons. The van der Waals surface area contributed by atoms with Crippen molar-refractivity contribution in [3.8, 4) is 0 Å². The quantitative estimate of drug-likeness (QED) is 0.245. The van der Waals surface area contributed by atoms with E-state index in [0.717, 1.165) is 0 Å². The molecule has 1 fully saturated rings. The monoisotopic (exact) mass is 336 g/mol. The second-order valence-electron chi connectivity index (χ2n) is 4.83. The van der Waals surface area contributed by atoms with Crippen LogP contribution in [-0.2, 0) is 23.7 Å². The number of aliphatic hydroxyl groups is 4. The van der Waals surface area contributed by atoms with E-state index in [1.807, 2.05) is 0 Å². The van der Waals surface area contributed by atoms with Crippen LogP contribution in [0.4, 0.5) is 4.79 Å². The predicted molar refractivity (Wildman–Crippen MR) is 72.0 cm³/mol. The summed E-state index contributed by atoms with van der Waals surface area (Å²) in [6.45, 7) is 3.61. The molecule has 0 spiro atoms. The molecular formula is C13H20O10. The third-order valence-electron chi connectivity index (χ3n) is 2.96. The van der Waals surface area contributed by atoms with E-state index >= 15 is 0 Å². The third kappa shape index (κ3) is 5.44. The van der Waals surface area contributed by atoms with Gasteiger partial charge in [-0.2, -0.15) is 0 Å². The van der Waals surface area contributed by atoms with Gasteiger partial charge in [0.25, 0.3) is 0 Å². The van der Waals surface area contributed by atoms with Crippen LogP contribution in [0, 0.1) is 0 Å². The van der Waals surface area contributed by atoms with E-state index in [1.165, 1.54) is 6.92 Å². The summed E-state index contributed by atoms with van der Waals surface area (Å²) in [5, 5.41) is 37.8. The van der Waals surface area contributed by atoms with E-state index in [9.17, 15) is 24.9 Å². The Morgan fingerprint density at radius 2 is 1.74 bits per heavy atom. The molecule has 0 radical (unpaired) electrons. The minimum atomic E-state index is -1.75. The highest BCUT2D eigenvalue weighted by Gasteiger charge is 2.46. The first-order valence-electron chi connectivity index (χ1n) is 6.74. The van der Waals surface area contributed by atoms with Gasteiger partial charge in [-0.3, -0.25) is 0 Å². The highest BCUT2D eigenvalue weighted by molar-refractivity contribution is 5.86. The fourth-order valence-corrected chi connectivity index (χ4v) is 1.73. The number of esters is 1. The zero-order valence-corrected chi connectivity index (χ0v) is 12.5. The first-order chi connectivity index (χ1) is 10.8. The molecule has 1 rings (SSSR count). The van der Waals surface area contributed by atoms with Crippen molar-refractivity contribution < 1.29 is 49.0 Å². The Hall–Kier alpha value is -1.72. The highest BCUT2D eigenvalue weighted by Crippen LogP contribution is 2.22. The summed E-state index contributed by atoms with van der Waals surface area (Å²) in [6, 6.07) is 0. The number of ether oxygens (including phenoxy) is 4. The number of carbonyl (C=O) groups is 2. The third-order valence-corrected chi connectivity index (χ3v) is 2.96. The largest absolute Gasteiger partial charge is 0.508 e. The molecule has 1 aliphatic heterocycles. The first kappa shape index (κ1) is 19.3. The van der Waals surface area contributed by atoms with E-state index < -0.39 is 49.4 Å². The summed E-state index contributed by atoms with van der Waals surface area (Å²) < 4.78 is 18.7. The lowest BCUT2D eigenvalue weighted by atomic mass is 9.99. The lowest BCUT2D eigenvalue weighted by Crippen LogP contribution is -2.59. The summed E-state index contributed by atoms with van der Waals surface area (Å²) in [6.07, 6.45) is -9.08.